The van der Waals surface area contributed by atoms with Gasteiger partial charge in [0.15, 0.2) is 0 Å². The van der Waals surface area contributed by atoms with Crippen LogP contribution in [0.1, 0.15) is 24.4 Å². The zero-order valence-electron chi connectivity index (χ0n) is 18.9. The Hall–Kier alpha value is -3.57. The summed E-state index contributed by atoms with van der Waals surface area (Å²) in [5.74, 6) is 0.543. The number of carbonyl (C=O) groups is 1. The Morgan fingerprint density at radius 2 is 1.91 bits per heavy atom. The van der Waals surface area contributed by atoms with Crippen LogP contribution in [0.3, 0.4) is 0 Å². The van der Waals surface area contributed by atoms with Gasteiger partial charge in [0.2, 0.25) is 17.6 Å². The predicted molar refractivity (Wildman–Crippen MR) is 125 cm³/mol. The summed E-state index contributed by atoms with van der Waals surface area (Å²) in [5, 5.41) is 10.2. The molecule has 1 aromatic carbocycles. The van der Waals surface area contributed by atoms with Gasteiger partial charge in [0.1, 0.15) is 6.54 Å². The van der Waals surface area contributed by atoms with E-state index in [2.05, 4.69) is 20.1 Å². The van der Waals surface area contributed by atoms with E-state index in [1.807, 2.05) is 55.6 Å². The second-order valence-electron chi connectivity index (χ2n) is 8.22. The number of nitrogens with zero attached hydrogens (tertiary/aromatic N) is 6. The van der Waals surface area contributed by atoms with E-state index in [4.69, 9.17) is 8.94 Å². The van der Waals surface area contributed by atoms with E-state index in [1.165, 1.54) is 16.9 Å². The molecule has 0 aliphatic carbocycles. The van der Waals surface area contributed by atoms with E-state index in [9.17, 15) is 9.59 Å². The van der Waals surface area contributed by atoms with E-state index in [1.54, 1.807) is 4.90 Å². The van der Waals surface area contributed by atoms with Crippen LogP contribution in [0.15, 0.2) is 55.5 Å². The molecule has 11 heteroatoms. The Balaban J connectivity index is 1.18. The topological polar surface area (TPSA) is 111 Å². The van der Waals surface area contributed by atoms with Gasteiger partial charge in [0.25, 0.3) is 5.89 Å². The van der Waals surface area contributed by atoms with Crippen LogP contribution in [0.4, 0.5) is 0 Å². The minimum atomic E-state index is -0.634. The number of benzene rings is 1. The molecule has 1 fully saturated rings. The van der Waals surface area contributed by atoms with Crippen LogP contribution in [-0.2, 0) is 11.3 Å². The van der Waals surface area contributed by atoms with E-state index in [-0.39, 0.29) is 24.4 Å². The molecule has 1 aliphatic heterocycles. The van der Waals surface area contributed by atoms with Crippen molar-refractivity contribution in [1.82, 2.24) is 29.7 Å². The molecule has 34 heavy (non-hydrogen) atoms. The number of rotatable bonds is 6. The van der Waals surface area contributed by atoms with Crippen molar-refractivity contribution in [3.8, 4) is 22.2 Å². The Labute approximate surface area is 199 Å². The average molecular weight is 481 g/mol. The molecule has 0 spiro atoms. The Kier molecular flexibility index (Phi) is 6.12. The first-order valence-corrected chi connectivity index (χ1v) is 11.9. The van der Waals surface area contributed by atoms with Gasteiger partial charge in [-0.15, -0.1) is 16.4 Å². The Morgan fingerprint density at radius 3 is 2.62 bits per heavy atom. The SMILES string of the molecule is Cc1ccc(-c2noc([C@H](C)N3CCN(C(=O)Cn4nc(-c5cccs5)oc4=O)CC3)n2)cc1. The highest BCUT2D eigenvalue weighted by molar-refractivity contribution is 7.13. The number of piperazine rings is 1. The summed E-state index contributed by atoms with van der Waals surface area (Å²) in [4.78, 5) is 34.1. The third kappa shape index (κ3) is 4.57. The normalized spacial score (nSPS) is 15.5. The first kappa shape index (κ1) is 22.2. The fraction of sp³-hybridized carbons (Fsp3) is 0.348. The predicted octanol–water partition coefficient (Wildman–Crippen LogP) is 2.83. The molecule has 3 aromatic heterocycles. The van der Waals surface area contributed by atoms with Gasteiger partial charge in [-0.05, 0) is 25.3 Å². The van der Waals surface area contributed by atoms with Crippen LogP contribution < -0.4 is 5.76 Å². The molecule has 0 saturated carbocycles. The van der Waals surface area contributed by atoms with Gasteiger partial charge >= 0.3 is 5.76 Å². The van der Waals surface area contributed by atoms with Crippen molar-refractivity contribution in [3.63, 3.8) is 0 Å². The molecule has 10 nitrogen and oxygen atoms in total. The van der Waals surface area contributed by atoms with Gasteiger partial charge in [-0.2, -0.15) is 9.67 Å². The van der Waals surface area contributed by atoms with Crippen LogP contribution in [0.2, 0.25) is 0 Å². The molecule has 1 atom stereocenters. The molecule has 0 unspecified atom stereocenters. The lowest BCUT2D eigenvalue weighted by atomic mass is 10.1. The van der Waals surface area contributed by atoms with Gasteiger partial charge in [0.05, 0.1) is 10.9 Å². The molecule has 1 amide bonds. The van der Waals surface area contributed by atoms with E-state index in [0.717, 1.165) is 15.1 Å². The minimum Gasteiger partial charge on any atom is -0.387 e. The lowest BCUT2D eigenvalue weighted by Crippen LogP contribution is -2.50. The number of aryl methyl sites for hydroxylation is 1. The lowest BCUT2D eigenvalue weighted by Gasteiger charge is -2.36. The molecule has 176 valence electrons. The van der Waals surface area contributed by atoms with Crippen molar-refractivity contribution in [2.75, 3.05) is 26.2 Å². The molecule has 4 aromatic rings. The smallest absolute Gasteiger partial charge is 0.387 e. The fourth-order valence-corrected chi connectivity index (χ4v) is 4.52. The summed E-state index contributed by atoms with van der Waals surface area (Å²) >= 11 is 1.42. The van der Waals surface area contributed by atoms with E-state index in [0.29, 0.717) is 37.9 Å². The van der Waals surface area contributed by atoms with Crippen LogP contribution in [0.5, 0.6) is 0 Å². The molecule has 4 heterocycles. The molecule has 0 N–H and O–H groups in total. The third-order valence-electron chi connectivity index (χ3n) is 5.95. The number of hydrogen-bond acceptors (Lipinski definition) is 9. The molecule has 5 rings (SSSR count). The Morgan fingerprint density at radius 1 is 1.15 bits per heavy atom. The Bertz CT molecular complexity index is 1320. The molecule has 0 bridgehead atoms. The van der Waals surface area contributed by atoms with Crippen LogP contribution in [-0.4, -0.2) is 61.8 Å². The summed E-state index contributed by atoms with van der Waals surface area (Å²) in [6, 6.07) is 11.6. The quantitative estimate of drug-likeness (QED) is 0.414. The van der Waals surface area contributed by atoms with Crippen molar-refractivity contribution in [3.05, 3.63) is 63.8 Å². The van der Waals surface area contributed by atoms with E-state index < -0.39 is 5.76 Å². The standard InChI is InChI=1S/C23H24N6O4S/c1-15-5-7-17(8-6-15)20-24-21(33-26-20)16(2)27-9-11-28(12-10-27)19(30)14-29-23(31)32-22(25-29)18-4-3-13-34-18/h3-8,13,16H,9-12,14H2,1-2H3/t16-/m0/s1. The first-order valence-electron chi connectivity index (χ1n) is 11.0. The monoisotopic (exact) mass is 480 g/mol. The van der Waals surface area contributed by atoms with Gasteiger partial charge in [0, 0.05) is 31.7 Å². The van der Waals surface area contributed by atoms with Crippen LogP contribution in [0.25, 0.3) is 22.2 Å². The largest absolute Gasteiger partial charge is 0.437 e. The summed E-state index contributed by atoms with van der Waals surface area (Å²) < 4.78 is 11.8. The average Bonchev–Trinajstić information content (AvgIpc) is 3.61. The van der Waals surface area contributed by atoms with Crippen molar-refractivity contribution >= 4 is 17.2 Å². The number of carbonyl (C=O) groups excluding carboxylic acids is 1. The van der Waals surface area contributed by atoms with Gasteiger partial charge < -0.3 is 13.8 Å². The molecule has 1 saturated heterocycles. The molecular weight excluding hydrogens is 456 g/mol. The van der Waals surface area contributed by atoms with Crippen LogP contribution in [0, 0.1) is 6.92 Å². The van der Waals surface area contributed by atoms with Gasteiger partial charge in [-0.1, -0.05) is 41.1 Å². The highest BCUT2D eigenvalue weighted by Gasteiger charge is 2.28. The number of hydrogen-bond donors (Lipinski definition) is 0. The maximum Gasteiger partial charge on any atom is 0.437 e. The summed E-state index contributed by atoms with van der Waals surface area (Å²) in [5.41, 5.74) is 2.08. The van der Waals surface area contributed by atoms with Gasteiger partial charge in [-0.3, -0.25) is 9.69 Å². The van der Waals surface area contributed by atoms with Crippen molar-refractivity contribution < 1.29 is 13.7 Å². The highest BCUT2D eigenvalue weighted by Crippen LogP contribution is 2.24. The van der Waals surface area contributed by atoms with Gasteiger partial charge in [-0.25, -0.2) is 4.79 Å². The first-order chi connectivity index (χ1) is 16.5. The number of amides is 1. The highest BCUT2D eigenvalue weighted by atomic mass is 32.1. The third-order valence-corrected chi connectivity index (χ3v) is 6.80. The lowest BCUT2D eigenvalue weighted by molar-refractivity contribution is -0.134. The zero-order chi connectivity index (χ0) is 23.7. The van der Waals surface area contributed by atoms with Crippen LogP contribution >= 0.6 is 11.3 Å². The molecular formula is C23H24N6O4S. The second-order valence-corrected chi connectivity index (χ2v) is 9.17. The minimum absolute atomic E-state index is 0.0736. The summed E-state index contributed by atoms with van der Waals surface area (Å²) in [6.45, 7) is 6.29. The zero-order valence-corrected chi connectivity index (χ0v) is 19.7. The van der Waals surface area contributed by atoms with E-state index >= 15 is 0 Å². The second kappa shape index (κ2) is 9.35. The van der Waals surface area contributed by atoms with Crippen molar-refractivity contribution in [2.24, 2.45) is 0 Å². The number of aromatic nitrogens is 4. The maximum absolute atomic E-state index is 12.8. The summed E-state index contributed by atoms with van der Waals surface area (Å²) in [7, 11) is 0. The fourth-order valence-electron chi connectivity index (χ4n) is 3.87. The summed E-state index contributed by atoms with van der Waals surface area (Å²) in [6.07, 6.45) is 0. The molecule has 0 radical (unpaired) electrons. The van der Waals surface area contributed by atoms with Crippen molar-refractivity contribution in [1.29, 1.82) is 0 Å². The maximum atomic E-state index is 12.8. The molecule has 1 aliphatic rings. The van der Waals surface area contributed by atoms with Crippen molar-refractivity contribution in [2.45, 2.75) is 26.4 Å². The number of thiophene rings is 1.